The predicted octanol–water partition coefficient (Wildman–Crippen LogP) is 3.89. The van der Waals surface area contributed by atoms with Crippen molar-refractivity contribution in [2.45, 2.75) is 50.7 Å². The van der Waals surface area contributed by atoms with E-state index in [9.17, 15) is 14.0 Å². The van der Waals surface area contributed by atoms with Crippen LogP contribution in [0.4, 0.5) is 4.39 Å². The van der Waals surface area contributed by atoms with Crippen molar-refractivity contribution in [2.75, 3.05) is 0 Å². The molecular formula is C22H24FNO3. The number of hydrogen-bond donors (Lipinski definition) is 1. The number of carbonyl (C=O) groups excluding carboxylic acids is 2. The van der Waals surface area contributed by atoms with Gasteiger partial charge in [0.1, 0.15) is 5.82 Å². The van der Waals surface area contributed by atoms with E-state index < -0.39 is 17.5 Å². The van der Waals surface area contributed by atoms with Gasteiger partial charge in [-0.25, -0.2) is 4.39 Å². The number of nitrogens with one attached hydrogen (secondary N) is 1. The molecule has 1 N–H and O–H groups in total. The smallest absolute Gasteiger partial charge is 0.317 e. The van der Waals surface area contributed by atoms with Gasteiger partial charge in [-0.2, -0.15) is 0 Å². The van der Waals surface area contributed by atoms with E-state index in [-0.39, 0.29) is 11.7 Å². The van der Waals surface area contributed by atoms with E-state index in [1.54, 1.807) is 19.1 Å². The van der Waals surface area contributed by atoms with E-state index in [1.807, 2.05) is 30.3 Å². The molecule has 3 rings (SSSR count). The summed E-state index contributed by atoms with van der Waals surface area (Å²) in [5.41, 5.74) is 0.938. The standard InChI is InChI=1S/C22H24FNO3/c1-16(20(25)24-15-17-7-3-2-4-8-17)27-21(26)22(13-5-6-14-22)18-9-11-19(23)12-10-18/h2-4,7-12,16H,5-6,13-15H2,1H3,(H,24,25)/t16-/m0/s1. The summed E-state index contributed by atoms with van der Waals surface area (Å²) in [5.74, 6) is -1.08. The molecule has 1 amide bonds. The van der Waals surface area contributed by atoms with Gasteiger partial charge in [-0.05, 0) is 43.0 Å². The minimum Gasteiger partial charge on any atom is -0.452 e. The molecule has 0 aromatic heterocycles. The van der Waals surface area contributed by atoms with Crippen molar-refractivity contribution in [1.82, 2.24) is 5.32 Å². The van der Waals surface area contributed by atoms with Gasteiger partial charge in [-0.1, -0.05) is 55.3 Å². The van der Waals surface area contributed by atoms with E-state index >= 15 is 0 Å². The number of hydrogen-bond acceptors (Lipinski definition) is 3. The Morgan fingerprint density at radius 3 is 2.33 bits per heavy atom. The molecule has 0 bridgehead atoms. The van der Waals surface area contributed by atoms with Crippen LogP contribution in [0, 0.1) is 5.82 Å². The van der Waals surface area contributed by atoms with Crippen LogP contribution in [0.25, 0.3) is 0 Å². The first-order valence-electron chi connectivity index (χ1n) is 9.30. The number of halogens is 1. The first kappa shape index (κ1) is 19.1. The van der Waals surface area contributed by atoms with Gasteiger partial charge < -0.3 is 10.1 Å². The molecule has 142 valence electrons. The maximum absolute atomic E-state index is 13.3. The molecule has 0 spiro atoms. The Morgan fingerprint density at radius 1 is 1.07 bits per heavy atom. The number of rotatable bonds is 6. The lowest BCUT2D eigenvalue weighted by Crippen LogP contribution is -2.41. The highest BCUT2D eigenvalue weighted by Gasteiger charge is 2.45. The molecule has 27 heavy (non-hydrogen) atoms. The zero-order valence-electron chi connectivity index (χ0n) is 15.4. The van der Waals surface area contributed by atoms with Crippen molar-refractivity contribution < 1.29 is 18.7 Å². The Morgan fingerprint density at radius 2 is 1.70 bits per heavy atom. The summed E-state index contributed by atoms with van der Waals surface area (Å²) in [6.07, 6.45) is 2.22. The molecule has 2 aromatic carbocycles. The van der Waals surface area contributed by atoms with Crippen molar-refractivity contribution in [3.8, 4) is 0 Å². The zero-order chi connectivity index (χ0) is 19.3. The lowest BCUT2D eigenvalue weighted by Gasteiger charge is -2.28. The Balaban J connectivity index is 1.64. The molecule has 4 nitrogen and oxygen atoms in total. The van der Waals surface area contributed by atoms with Crippen LogP contribution in [-0.4, -0.2) is 18.0 Å². The van der Waals surface area contributed by atoms with Gasteiger partial charge in [0, 0.05) is 6.54 Å². The van der Waals surface area contributed by atoms with Crippen LogP contribution < -0.4 is 5.32 Å². The molecule has 0 unspecified atom stereocenters. The summed E-state index contributed by atoms with van der Waals surface area (Å²) in [7, 11) is 0. The first-order valence-corrected chi connectivity index (χ1v) is 9.30. The van der Waals surface area contributed by atoms with E-state index in [1.165, 1.54) is 12.1 Å². The summed E-state index contributed by atoms with van der Waals surface area (Å²) in [6, 6.07) is 15.5. The van der Waals surface area contributed by atoms with Gasteiger partial charge in [0.2, 0.25) is 0 Å². The second-order valence-corrected chi connectivity index (χ2v) is 7.05. The second-order valence-electron chi connectivity index (χ2n) is 7.05. The highest BCUT2D eigenvalue weighted by atomic mass is 19.1. The van der Waals surface area contributed by atoms with Crippen molar-refractivity contribution in [3.05, 3.63) is 71.5 Å². The van der Waals surface area contributed by atoms with Crippen LogP contribution in [0.5, 0.6) is 0 Å². The molecule has 5 heteroatoms. The molecule has 1 aliphatic rings. The fourth-order valence-corrected chi connectivity index (χ4v) is 3.61. The van der Waals surface area contributed by atoms with Gasteiger partial charge in [0.15, 0.2) is 6.10 Å². The molecule has 0 heterocycles. The third kappa shape index (κ3) is 4.35. The van der Waals surface area contributed by atoms with Crippen LogP contribution in [0.15, 0.2) is 54.6 Å². The molecule has 0 aliphatic heterocycles. The summed E-state index contributed by atoms with van der Waals surface area (Å²) < 4.78 is 18.8. The number of benzene rings is 2. The maximum atomic E-state index is 13.3. The predicted molar refractivity (Wildman–Crippen MR) is 100 cm³/mol. The molecule has 2 aromatic rings. The third-order valence-electron chi connectivity index (χ3n) is 5.21. The van der Waals surface area contributed by atoms with Crippen LogP contribution in [-0.2, 0) is 26.3 Å². The van der Waals surface area contributed by atoms with Gasteiger partial charge in [0.05, 0.1) is 5.41 Å². The second kappa shape index (κ2) is 8.33. The topological polar surface area (TPSA) is 55.4 Å². The van der Waals surface area contributed by atoms with Gasteiger partial charge in [0.25, 0.3) is 5.91 Å². The van der Waals surface area contributed by atoms with Crippen molar-refractivity contribution in [2.24, 2.45) is 0 Å². The van der Waals surface area contributed by atoms with Crippen LogP contribution in [0.1, 0.15) is 43.7 Å². The number of ether oxygens (including phenoxy) is 1. The average molecular weight is 369 g/mol. The lowest BCUT2D eigenvalue weighted by molar-refractivity contribution is -0.160. The fraction of sp³-hybridized carbons (Fsp3) is 0.364. The zero-order valence-corrected chi connectivity index (χ0v) is 15.4. The minimum absolute atomic E-state index is 0.334. The molecule has 1 atom stereocenters. The monoisotopic (exact) mass is 369 g/mol. The number of esters is 1. The first-order chi connectivity index (χ1) is 13.0. The fourth-order valence-electron chi connectivity index (χ4n) is 3.61. The van der Waals surface area contributed by atoms with E-state index in [2.05, 4.69) is 5.32 Å². The van der Waals surface area contributed by atoms with E-state index in [0.717, 1.165) is 24.0 Å². The summed E-state index contributed by atoms with van der Waals surface area (Å²) >= 11 is 0. The SMILES string of the molecule is C[C@H](OC(=O)C1(c2ccc(F)cc2)CCCC1)C(=O)NCc1ccccc1. The number of carbonyl (C=O) groups is 2. The van der Waals surface area contributed by atoms with Gasteiger partial charge in [-0.15, -0.1) is 0 Å². The van der Waals surface area contributed by atoms with Crippen LogP contribution >= 0.6 is 0 Å². The normalized spacial score (nSPS) is 16.5. The Bertz CT molecular complexity index is 783. The summed E-state index contributed by atoms with van der Waals surface area (Å²) in [5, 5.41) is 2.79. The molecule has 0 radical (unpaired) electrons. The average Bonchev–Trinajstić information content (AvgIpc) is 3.18. The quantitative estimate of drug-likeness (QED) is 0.786. The number of amides is 1. The van der Waals surface area contributed by atoms with Crippen molar-refractivity contribution in [3.63, 3.8) is 0 Å². The molecule has 1 fully saturated rings. The molecule has 1 aliphatic carbocycles. The summed E-state index contributed by atoms with van der Waals surface area (Å²) in [4.78, 5) is 25.3. The Labute approximate surface area is 158 Å². The van der Waals surface area contributed by atoms with Crippen LogP contribution in [0.3, 0.4) is 0 Å². The maximum Gasteiger partial charge on any atom is 0.317 e. The van der Waals surface area contributed by atoms with Crippen molar-refractivity contribution in [1.29, 1.82) is 0 Å². The third-order valence-corrected chi connectivity index (χ3v) is 5.21. The van der Waals surface area contributed by atoms with Gasteiger partial charge in [-0.3, -0.25) is 9.59 Å². The highest BCUT2D eigenvalue weighted by Crippen LogP contribution is 2.42. The van der Waals surface area contributed by atoms with Crippen molar-refractivity contribution >= 4 is 11.9 Å². The van der Waals surface area contributed by atoms with E-state index in [4.69, 9.17) is 4.74 Å². The highest BCUT2D eigenvalue weighted by molar-refractivity contribution is 5.88. The lowest BCUT2D eigenvalue weighted by atomic mass is 9.79. The van der Waals surface area contributed by atoms with Gasteiger partial charge >= 0.3 is 5.97 Å². The largest absolute Gasteiger partial charge is 0.452 e. The van der Waals surface area contributed by atoms with Crippen LogP contribution in [0.2, 0.25) is 0 Å². The van der Waals surface area contributed by atoms with E-state index in [0.29, 0.717) is 19.4 Å². The minimum atomic E-state index is -0.890. The summed E-state index contributed by atoms with van der Waals surface area (Å²) in [6.45, 7) is 1.95. The molecule has 0 saturated heterocycles. The Hall–Kier alpha value is -2.69. The Kier molecular flexibility index (Phi) is 5.89. The molecular weight excluding hydrogens is 345 g/mol. The molecule has 1 saturated carbocycles.